The Labute approximate surface area is 187 Å². The van der Waals surface area contributed by atoms with Crippen LogP contribution in [-0.4, -0.2) is 11.1 Å². The number of benzene rings is 3. The first-order chi connectivity index (χ1) is 13.8. The Morgan fingerprint density at radius 2 is 1.66 bits per heavy atom. The molecule has 0 saturated heterocycles. The van der Waals surface area contributed by atoms with E-state index in [0.717, 1.165) is 5.56 Å². The van der Waals surface area contributed by atoms with Crippen molar-refractivity contribution in [3.8, 4) is 5.75 Å². The summed E-state index contributed by atoms with van der Waals surface area (Å²) in [6.45, 7) is 0.497. The Kier molecular flexibility index (Phi) is 7.14. The van der Waals surface area contributed by atoms with E-state index in [4.69, 9.17) is 56.2 Å². The van der Waals surface area contributed by atoms with Gasteiger partial charge in [0.15, 0.2) is 0 Å². The molecule has 0 aliphatic heterocycles. The molecule has 0 radical (unpaired) electrons. The van der Waals surface area contributed by atoms with Crippen molar-refractivity contribution in [2.75, 3.05) is 5.32 Å². The highest BCUT2D eigenvalue weighted by Crippen LogP contribution is 2.30. The topological polar surface area (TPSA) is 58.6 Å². The number of carboxylic acids is 1. The summed E-state index contributed by atoms with van der Waals surface area (Å²) < 4.78 is 5.93. The van der Waals surface area contributed by atoms with E-state index in [1.54, 1.807) is 36.4 Å². The molecule has 0 aliphatic rings. The number of ether oxygens (including phenoxy) is 1. The number of carboxylic acid groups (broad SMARTS) is 1. The third kappa shape index (κ3) is 5.49. The van der Waals surface area contributed by atoms with Crippen molar-refractivity contribution in [2.45, 2.75) is 13.2 Å². The van der Waals surface area contributed by atoms with E-state index in [0.29, 0.717) is 43.6 Å². The Balaban J connectivity index is 1.79. The Hall–Kier alpha value is -2.11. The van der Waals surface area contributed by atoms with Crippen molar-refractivity contribution in [1.82, 2.24) is 0 Å². The van der Waals surface area contributed by atoms with Gasteiger partial charge in [0, 0.05) is 32.7 Å². The van der Waals surface area contributed by atoms with Crippen LogP contribution in [0.2, 0.25) is 20.1 Å². The van der Waals surface area contributed by atoms with E-state index in [1.165, 1.54) is 18.2 Å². The molecule has 0 aliphatic carbocycles. The smallest absolute Gasteiger partial charge is 0.335 e. The summed E-state index contributed by atoms with van der Waals surface area (Å²) in [5, 5.41) is 14.3. The average molecular weight is 471 g/mol. The number of anilines is 1. The molecule has 8 heteroatoms. The molecule has 0 aromatic heterocycles. The molecule has 3 rings (SSSR count). The Morgan fingerprint density at radius 3 is 2.34 bits per heavy atom. The van der Waals surface area contributed by atoms with E-state index < -0.39 is 5.97 Å². The highest BCUT2D eigenvalue weighted by Gasteiger charge is 2.11. The summed E-state index contributed by atoms with van der Waals surface area (Å²) >= 11 is 24.7. The first kappa shape index (κ1) is 21.6. The lowest BCUT2D eigenvalue weighted by Crippen LogP contribution is -2.06. The van der Waals surface area contributed by atoms with Gasteiger partial charge < -0.3 is 15.2 Å². The molecule has 0 spiro atoms. The number of halogens is 4. The van der Waals surface area contributed by atoms with Crippen LogP contribution in [0.3, 0.4) is 0 Å². The molecule has 0 atom stereocenters. The molecule has 150 valence electrons. The van der Waals surface area contributed by atoms with Crippen LogP contribution in [-0.2, 0) is 13.2 Å². The second kappa shape index (κ2) is 9.59. The van der Waals surface area contributed by atoms with Gasteiger partial charge in [0.25, 0.3) is 0 Å². The minimum absolute atomic E-state index is 0.132. The van der Waals surface area contributed by atoms with Gasteiger partial charge in [-0.2, -0.15) is 0 Å². The second-order valence-corrected chi connectivity index (χ2v) is 7.75. The van der Waals surface area contributed by atoms with E-state index >= 15 is 0 Å². The zero-order chi connectivity index (χ0) is 21.0. The molecule has 0 fully saturated rings. The fraction of sp³-hybridized carbons (Fsp3) is 0.0952. The van der Waals surface area contributed by atoms with Crippen molar-refractivity contribution in [3.63, 3.8) is 0 Å². The van der Waals surface area contributed by atoms with Gasteiger partial charge in [-0.15, -0.1) is 0 Å². The van der Waals surface area contributed by atoms with Crippen LogP contribution in [0.1, 0.15) is 21.5 Å². The summed E-state index contributed by atoms with van der Waals surface area (Å²) in [6, 6.07) is 14.9. The highest BCUT2D eigenvalue weighted by molar-refractivity contribution is 6.36. The number of hydrogen-bond donors (Lipinski definition) is 2. The van der Waals surface area contributed by atoms with Gasteiger partial charge in [-0.25, -0.2) is 4.79 Å². The molecule has 2 N–H and O–H groups in total. The zero-order valence-corrected chi connectivity index (χ0v) is 17.9. The first-order valence-corrected chi connectivity index (χ1v) is 9.97. The first-order valence-electron chi connectivity index (χ1n) is 8.46. The SMILES string of the molecule is O=C(O)c1ccc(Cl)c(NCc2cc(Cl)ccc2OCc2c(Cl)cccc2Cl)c1. The maximum atomic E-state index is 11.2. The van der Waals surface area contributed by atoms with Crippen LogP contribution >= 0.6 is 46.4 Å². The fourth-order valence-electron chi connectivity index (χ4n) is 2.63. The molecule has 3 aromatic rings. The summed E-state index contributed by atoms with van der Waals surface area (Å²) in [4.78, 5) is 11.2. The number of nitrogens with one attached hydrogen (secondary N) is 1. The van der Waals surface area contributed by atoms with Crippen LogP contribution in [0.5, 0.6) is 5.75 Å². The normalized spacial score (nSPS) is 10.6. The van der Waals surface area contributed by atoms with Crippen LogP contribution in [0.15, 0.2) is 54.6 Å². The second-order valence-electron chi connectivity index (χ2n) is 6.09. The number of hydrogen-bond acceptors (Lipinski definition) is 3. The summed E-state index contributed by atoms with van der Waals surface area (Å²) in [7, 11) is 0. The Morgan fingerprint density at radius 1 is 0.931 bits per heavy atom. The summed E-state index contributed by atoms with van der Waals surface area (Å²) in [6.07, 6.45) is 0. The lowest BCUT2D eigenvalue weighted by atomic mass is 10.1. The number of rotatable bonds is 7. The quantitative estimate of drug-likeness (QED) is 0.383. The molecular formula is C21H15Cl4NO3. The van der Waals surface area contributed by atoms with Gasteiger partial charge in [-0.3, -0.25) is 0 Å². The summed E-state index contributed by atoms with van der Waals surface area (Å²) in [5.41, 5.74) is 2.07. The molecule has 0 bridgehead atoms. The minimum Gasteiger partial charge on any atom is -0.488 e. The third-order valence-corrected chi connectivity index (χ3v) is 5.41. The largest absolute Gasteiger partial charge is 0.488 e. The minimum atomic E-state index is -1.03. The molecule has 0 heterocycles. The molecule has 29 heavy (non-hydrogen) atoms. The van der Waals surface area contributed by atoms with Crippen molar-refractivity contribution in [1.29, 1.82) is 0 Å². The average Bonchev–Trinajstić information content (AvgIpc) is 2.68. The lowest BCUT2D eigenvalue weighted by molar-refractivity contribution is 0.0697. The van der Waals surface area contributed by atoms with E-state index in [2.05, 4.69) is 5.32 Å². The van der Waals surface area contributed by atoms with Gasteiger partial charge in [0.2, 0.25) is 0 Å². The van der Waals surface area contributed by atoms with Crippen molar-refractivity contribution < 1.29 is 14.6 Å². The van der Waals surface area contributed by atoms with Crippen LogP contribution in [0, 0.1) is 0 Å². The van der Waals surface area contributed by atoms with E-state index in [9.17, 15) is 4.79 Å². The fourth-order valence-corrected chi connectivity index (χ4v) is 3.52. The van der Waals surface area contributed by atoms with Crippen molar-refractivity contribution >= 4 is 58.1 Å². The van der Waals surface area contributed by atoms with Gasteiger partial charge in [-0.1, -0.05) is 52.5 Å². The third-order valence-electron chi connectivity index (χ3n) is 4.14. The lowest BCUT2D eigenvalue weighted by Gasteiger charge is -2.15. The number of aromatic carboxylic acids is 1. The van der Waals surface area contributed by atoms with Gasteiger partial charge in [0.1, 0.15) is 12.4 Å². The van der Waals surface area contributed by atoms with Crippen molar-refractivity contribution in [3.05, 3.63) is 91.4 Å². The van der Waals surface area contributed by atoms with Crippen LogP contribution < -0.4 is 10.1 Å². The predicted octanol–water partition coefficient (Wildman–Crippen LogP) is 7.19. The van der Waals surface area contributed by atoms with Crippen molar-refractivity contribution in [2.24, 2.45) is 0 Å². The van der Waals surface area contributed by atoms with E-state index in [1.807, 2.05) is 0 Å². The van der Waals surface area contributed by atoms with Crippen LogP contribution in [0.4, 0.5) is 5.69 Å². The predicted molar refractivity (Wildman–Crippen MR) is 118 cm³/mol. The van der Waals surface area contributed by atoms with E-state index in [-0.39, 0.29) is 12.2 Å². The standard InChI is InChI=1S/C21H15Cl4NO3/c22-14-5-7-20(29-11-15-16(23)2-1-3-17(15)24)13(8-14)10-26-19-9-12(21(27)28)4-6-18(19)25/h1-9,26H,10-11H2,(H,27,28). The molecular weight excluding hydrogens is 456 g/mol. The zero-order valence-electron chi connectivity index (χ0n) is 14.9. The maximum absolute atomic E-state index is 11.2. The van der Waals surface area contributed by atoms with Crippen LogP contribution in [0.25, 0.3) is 0 Å². The van der Waals surface area contributed by atoms with Gasteiger partial charge >= 0.3 is 5.97 Å². The molecule has 0 amide bonds. The maximum Gasteiger partial charge on any atom is 0.335 e. The van der Waals surface area contributed by atoms with Gasteiger partial charge in [0.05, 0.1) is 16.3 Å². The number of carbonyl (C=O) groups is 1. The molecule has 0 unspecified atom stereocenters. The highest BCUT2D eigenvalue weighted by atomic mass is 35.5. The summed E-state index contributed by atoms with van der Waals surface area (Å²) in [5.74, 6) is -0.448. The Bertz CT molecular complexity index is 1040. The molecule has 3 aromatic carbocycles. The molecule has 4 nitrogen and oxygen atoms in total. The molecule has 0 saturated carbocycles. The monoisotopic (exact) mass is 469 g/mol. The van der Waals surface area contributed by atoms with Gasteiger partial charge in [-0.05, 0) is 48.5 Å².